The van der Waals surface area contributed by atoms with Gasteiger partial charge in [-0.05, 0) is 11.6 Å². The molecule has 4 nitrogen and oxygen atoms in total. The maximum atomic E-state index is 11.2. The van der Waals surface area contributed by atoms with Gasteiger partial charge in [-0.1, -0.05) is 30.3 Å². The van der Waals surface area contributed by atoms with Gasteiger partial charge in [0.1, 0.15) is 13.2 Å². The smallest absolute Gasteiger partial charge is 0.330 e. The average molecular weight is 234 g/mol. The Hall–Kier alpha value is -2.10. The van der Waals surface area contributed by atoms with E-state index < -0.39 is 5.97 Å². The van der Waals surface area contributed by atoms with Crippen LogP contribution in [0, 0.1) is 0 Å². The third-order valence-electron chi connectivity index (χ3n) is 1.84. The first-order chi connectivity index (χ1) is 8.18. The number of carbonyl (C=O) groups is 2. The second-order valence-electron chi connectivity index (χ2n) is 3.25. The Bertz CT molecular complexity index is 395. The van der Waals surface area contributed by atoms with Crippen molar-refractivity contribution in [2.24, 2.45) is 0 Å². The second-order valence-corrected chi connectivity index (χ2v) is 3.25. The SMILES string of the molecule is CC(=O)OCCOC(=O)C=Cc1ccccc1. The summed E-state index contributed by atoms with van der Waals surface area (Å²) in [6.45, 7) is 1.45. The first-order valence-electron chi connectivity index (χ1n) is 5.22. The molecule has 0 N–H and O–H groups in total. The molecule has 0 atom stereocenters. The summed E-state index contributed by atoms with van der Waals surface area (Å²) in [4.78, 5) is 21.6. The maximum Gasteiger partial charge on any atom is 0.330 e. The molecule has 0 aliphatic heterocycles. The zero-order valence-electron chi connectivity index (χ0n) is 9.59. The molecule has 0 amide bonds. The fourth-order valence-electron chi connectivity index (χ4n) is 1.10. The van der Waals surface area contributed by atoms with Crippen LogP contribution in [0.2, 0.25) is 0 Å². The highest BCUT2D eigenvalue weighted by Gasteiger charge is 1.98. The van der Waals surface area contributed by atoms with Crippen LogP contribution in [0.4, 0.5) is 0 Å². The number of hydrogen-bond donors (Lipinski definition) is 0. The molecule has 0 spiro atoms. The van der Waals surface area contributed by atoms with E-state index in [0.29, 0.717) is 0 Å². The molecule has 0 heterocycles. The number of carbonyl (C=O) groups excluding carboxylic acids is 2. The topological polar surface area (TPSA) is 52.6 Å². The number of ether oxygens (including phenoxy) is 2. The van der Waals surface area contributed by atoms with Crippen LogP contribution in [0.5, 0.6) is 0 Å². The van der Waals surface area contributed by atoms with Crippen molar-refractivity contribution in [3.8, 4) is 0 Å². The van der Waals surface area contributed by atoms with E-state index in [2.05, 4.69) is 4.74 Å². The van der Waals surface area contributed by atoms with Gasteiger partial charge in [-0.2, -0.15) is 0 Å². The van der Waals surface area contributed by atoms with Crippen molar-refractivity contribution in [2.45, 2.75) is 6.92 Å². The quantitative estimate of drug-likeness (QED) is 0.443. The summed E-state index contributed by atoms with van der Waals surface area (Å²) < 4.78 is 9.43. The first kappa shape index (κ1) is 13.0. The van der Waals surface area contributed by atoms with Gasteiger partial charge in [0.15, 0.2) is 0 Å². The first-order valence-corrected chi connectivity index (χ1v) is 5.22. The highest BCUT2D eigenvalue weighted by molar-refractivity contribution is 5.87. The fourth-order valence-corrected chi connectivity index (χ4v) is 1.10. The van der Waals surface area contributed by atoms with Crippen molar-refractivity contribution < 1.29 is 19.1 Å². The van der Waals surface area contributed by atoms with Crippen molar-refractivity contribution >= 4 is 18.0 Å². The molecule has 90 valence electrons. The van der Waals surface area contributed by atoms with E-state index in [1.54, 1.807) is 6.08 Å². The van der Waals surface area contributed by atoms with Crippen molar-refractivity contribution in [2.75, 3.05) is 13.2 Å². The van der Waals surface area contributed by atoms with Gasteiger partial charge in [0.2, 0.25) is 0 Å². The van der Waals surface area contributed by atoms with Crippen LogP contribution < -0.4 is 0 Å². The molecule has 0 aromatic heterocycles. The average Bonchev–Trinajstić information content (AvgIpc) is 2.33. The predicted octanol–water partition coefficient (Wildman–Crippen LogP) is 1.81. The summed E-state index contributed by atoms with van der Waals surface area (Å²) in [5, 5.41) is 0. The number of hydrogen-bond acceptors (Lipinski definition) is 4. The van der Waals surface area contributed by atoms with Crippen molar-refractivity contribution in [1.82, 2.24) is 0 Å². The lowest BCUT2D eigenvalue weighted by molar-refractivity contribution is -0.147. The molecule has 0 aliphatic rings. The summed E-state index contributed by atoms with van der Waals surface area (Å²) in [6, 6.07) is 9.41. The van der Waals surface area contributed by atoms with Crippen LogP contribution in [0.15, 0.2) is 36.4 Å². The van der Waals surface area contributed by atoms with Crippen LogP contribution in [-0.4, -0.2) is 25.2 Å². The molecule has 0 saturated heterocycles. The highest BCUT2D eigenvalue weighted by atomic mass is 16.6. The normalized spacial score (nSPS) is 10.2. The molecule has 1 aromatic carbocycles. The molecule has 1 aromatic rings. The van der Waals surface area contributed by atoms with Gasteiger partial charge in [-0.15, -0.1) is 0 Å². The van der Waals surface area contributed by atoms with E-state index in [-0.39, 0.29) is 19.2 Å². The van der Waals surface area contributed by atoms with E-state index >= 15 is 0 Å². The molecule has 1 rings (SSSR count). The standard InChI is InChI=1S/C13H14O4/c1-11(14)16-9-10-17-13(15)8-7-12-5-3-2-4-6-12/h2-8H,9-10H2,1H3. The second kappa shape index (κ2) is 7.22. The fraction of sp³-hybridized carbons (Fsp3) is 0.231. The summed E-state index contributed by atoms with van der Waals surface area (Å²) in [7, 11) is 0. The van der Waals surface area contributed by atoms with Gasteiger partial charge in [0.25, 0.3) is 0 Å². The molecule has 0 fully saturated rings. The molecule has 17 heavy (non-hydrogen) atoms. The van der Waals surface area contributed by atoms with Gasteiger partial charge in [0, 0.05) is 13.0 Å². The Morgan fingerprint density at radius 3 is 2.41 bits per heavy atom. The highest BCUT2D eigenvalue weighted by Crippen LogP contribution is 2.00. The Balaban J connectivity index is 2.25. The lowest BCUT2D eigenvalue weighted by Gasteiger charge is -2.01. The summed E-state index contributed by atoms with van der Waals surface area (Å²) >= 11 is 0. The van der Waals surface area contributed by atoms with Gasteiger partial charge in [-0.25, -0.2) is 4.79 Å². The van der Waals surface area contributed by atoms with Crippen molar-refractivity contribution in [3.05, 3.63) is 42.0 Å². The van der Waals surface area contributed by atoms with Crippen LogP contribution in [-0.2, 0) is 19.1 Å². The molecule has 4 heteroatoms. The van der Waals surface area contributed by atoms with E-state index in [1.807, 2.05) is 30.3 Å². The molecule has 0 saturated carbocycles. The van der Waals surface area contributed by atoms with Gasteiger partial charge in [0.05, 0.1) is 0 Å². The molecule has 0 aliphatic carbocycles. The molecular weight excluding hydrogens is 220 g/mol. The van der Waals surface area contributed by atoms with E-state index in [4.69, 9.17) is 4.74 Å². The third-order valence-corrected chi connectivity index (χ3v) is 1.84. The largest absolute Gasteiger partial charge is 0.462 e. The molecule has 0 radical (unpaired) electrons. The monoisotopic (exact) mass is 234 g/mol. The lowest BCUT2D eigenvalue weighted by atomic mass is 10.2. The molecule has 0 unspecified atom stereocenters. The minimum absolute atomic E-state index is 0.0670. The minimum Gasteiger partial charge on any atom is -0.462 e. The van der Waals surface area contributed by atoms with Crippen molar-refractivity contribution in [3.63, 3.8) is 0 Å². The number of rotatable bonds is 5. The third kappa shape index (κ3) is 6.14. The number of benzene rings is 1. The van der Waals surface area contributed by atoms with E-state index in [1.165, 1.54) is 13.0 Å². The van der Waals surface area contributed by atoms with Crippen LogP contribution >= 0.6 is 0 Å². The van der Waals surface area contributed by atoms with Crippen LogP contribution in [0.25, 0.3) is 6.08 Å². The zero-order chi connectivity index (χ0) is 12.5. The van der Waals surface area contributed by atoms with E-state index in [9.17, 15) is 9.59 Å². The summed E-state index contributed by atoms with van der Waals surface area (Å²) in [5.74, 6) is -0.845. The van der Waals surface area contributed by atoms with Crippen LogP contribution in [0.3, 0.4) is 0 Å². The summed E-state index contributed by atoms with van der Waals surface area (Å²) in [5.41, 5.74) is 0.921. The maximum absolute atomic E-state index is 11.2. The Morgan fingerprint density at radius 2 is 1.76 bits per heavy atom. The van der Waals surface area contributed by atoms with Gasteiger partial charge in [-0.3, -0.25) is 4.79 Å². The number of esters is 2. The predicted molar refractivity (Wildman–Crippen MR) is 63.1 cm³/mol. The van der Waals surface area contributed by atoms with Crippen molar-refractivity contribution in [1.29, 1.82) is 0 Å². The lowest BCUT2D eigenvalue weighted by Crippen LogP contribution is -2.10. The van der Waals surface area contributed by atoms with Crippen LogP contribution in [0.1, 0.15) is 12.5 Å². The Labute approximate surface area is 99.8 Å². The van der Waals surface area contributed by atoms with Gasteiger partial charge >= 0.3 is 11.9 Å². The molecular formula is C13H14O4. The minimum atomic E-state index is -0.457. The Kier molecular flexibility index (Phi) is 5.51. The van der Waals surface area contributed by atoms with Gasteiger partial charge < -0.3 is 9.47 Å². The Morgan fingerprint density at radius 1 is 1.12 bits per heavy atom. The van der Waals surface area contributed by atoms with E-state index in [0.717, 1.165) is 5.56 Å². The zero-order valence-corrected chi connectivity index (χ0v) is 9.59. The summed E-state index contributed by atoms with van der Waals surface area (Å²) in [6.07, 6.45) is 3.00. The molecule has 0 bridgehead atoms.